The molecule has 0 aliphatic carbocycles. The number of urea groups is 1. The second-order valence-corrected chi connectivity index (χ2v) is 9.06. The summed E-state index contributed by atoms with van der Waals surface area (Å²) in [6.45, 7) is 5.35. The van der Waals surface area contributed by atoms with E-state index in [2.05, 4.69) is 31.3 Å². The molecule has 132 valence electrons. The van der Waals surface area contributed by atoms with Gasteiger partial charge in [-0.25, -0.2) is 13.2 Å². The van der Waals surface area contributed by atoms with Gasteiger partial charge in [-0.3, -0.25) is 0 Å². The highest BCUT2D eigenvalue weighted by Crippen LogP contribution is 2.41. The van der Waals surface area contributed by atoms with Gasteiger partial charge in [0.25, 0.3) is 0 Å². The van der Waals surface area contributed by atoms with Crippen LogP contribution in [0.2, 0.25) is 0 Å². The highest BCUT2D eigenvalue weighted by Gasteiger charge is 2.36. The highest BCUT2D eigenvalue weighted by molar-refractivity contribution is 7.93. The molecule has 0 spiro atoms. The Kier molecular flexibility index (Phi) is 5.70. The lowest BCUT2D eigenvalue weighted by molar-refractivity contribution is 0.0921. The Morgan fingerprint density at radius 3 is 2.62 bits per heavy atom. The summed E-state index contributed by atoms with van der Waals surface area (Å²) in [6, 6.07) is 9.93. The van der Waals surface area contributed by atoms with E-state index in [1.54, 1.807) is 0 Å². The number of nitrogens with one attached hydrogen (secondary N) is 1. The minimum Gasteiger partial charge on any atom is -0.334 e. The standard InChI is InChI=1S/C18H26N2O3S/c1-18(2)10-12-20(16(14-18)15-8-5-4-6-9-15)17(21)19-11-7-13-24(3,22)23/h4-9,13,16H,10-12,14H2,1-3H3,(H,19,21)/b13-7+/t16-/m1/s1. The average Bonchev–Trinajstić information content (AvgIpc) is 2.50. The maximum atomic E-state index is 12.5. The molecule has 1 fully saturated rings. The monoisotopic (exact) mass is 350 g/mol. The number of hydrogen-bond acceptors (Lipinski definition) is 3. The van der Waals surface area contributed by atoms with Crippen LogP contribution >= 0.6 is 0 Å². The molecule has 0 bridgehead atoms. The second kappa shape index (κ2) is 7.38. The van der Waals surface area contributed by atoms with Gasteiger partial charge >= 0.3 is 6.03 Å². The quantitative estimate of drug-likeness (QED) is 0.907. The molecule has 1 aromatic rings. The zero-order valence-electron chi connectivity index (χ0n) is 14.5. The number of hydrogen-bond donors (Lipinski definition) is 1. The molecule has 0 saturated carbocycles. The van der Waals surface area contributed by atoms with Gasteiger partial charge in [0.2, 0.25) is 0 Å². The van der Waals surface area contributed by atoms with Gasteiger partial charge in [0.1, 0.15) is 0 Å². The molecule has 24 heavy (non-hydrogen) atoms. The zero-order valence-corrected chi connectivity index (χ0v) is 15.3. The first kappa shape index (κ1) is 18.5. The molecule has 1 saturated heterocycles. The van der Waals surface area contributed by atoms with Crippen molar-refractivity contribution in [1.29, 1.82) is 0 Å². The third-order valence-corrected chi connectivity index (χ3v) is 5.00. The van der Waals surface area contributed by atoms with E-state index in [0.29, 0.717) is 6.54 Å². The van der Waals surface area contributed by atoms with Gasteiger partial charge < -0.3 is 10.2 Å². The van der Waals surface area contributed by atoms with Crippen LogP contribution in [0.25, 0.3) is 0 Å². The van der Waals surface area contributed by atoms with Crippen LogP contribution in [0, 0.1) is 5.41 Å². The van der Waals surface area contributed by atoms with E-state index in [1.165, 1.54) is 6.08 Å². The van der Waals surface area contributed by atoms with Gasteiger partial charge in [-0.15, -0.1) is 0 Å². The lowest BCUT2D eigenvalue weighted by atomic mass is 9.77. The topological polar surface area (TPSA) is 66.5 Å². The highest BCUT2D eigenvalue weighted by atomic mass is 32.2. The van der Waals surface area contributed by atoms with Crippen LogP contribution in [-0.2, 0) is 9.84 Å². The minimum atomic E-state index is -3.16. The average molecular weight is 350 g/mol. The smallest absolute Gasteiger partial charge is 0.318 e. The van der Waals surface area contributed by atoms with Crippen molar-refractivity contribution in [2.24, 2.45) is 5.41 Å². The first-order chi connectivity index (χ1) is 11.2. The van der Waals surface area contributed by atoms with Gasteiger partial charge in [0, 0.05) is 24.8 Å². The molecule has 2 rings (SSSR count). The van der Waals surface area contributed by atoms with E-state index in [4.69, 9.17) is 0 Å². The van der Waals surface area contributed by atoms with E-state index in [1.807, 2.05) is 23.1 Å². The summed E-state index contributed by atoms with van der Waals surface area (Å²) in [4.78, 5) is 14.4. The Morgan fingerprint density at radius 2 is 2.00 bits per heavy atom. The van der Waals surface area contributed by atoms with Crippen LogP contribution in [-0.4, -0.2) is 38.7 Å². The number of rotatable bonds is 4. The summed E-state index contributed by atoms with van der Waals surface area (Å²) in [5.41, 5.74) is 1.32. The van der Waals surface area contributed by atoms with Crippen molar-refractivity contribution in [2.75, 3.05) is 19.3 Å². The molecule has 0 radical (unpaired) electrons. The van der Waals surface area contributed by atoms with E-state index in [0.717, 1.165) is 30.1 Å². The van der Waals surface area contributed by atoms with Crippen molar-refractivity contribution in [3.05, 3.63) is 47.4 Å². The van der Waals surface area contributed by atoms with Crippen molar-refractivity contribution < 1.29 is 13.2 Å². The summed E-state index contributed by atoms with van der Waals surface area (Å²) < 4.78 is 22.2. The molecule has 1 aromatic carbocycles. The number of nitrogens with zero attached hydrogens (tertiary/aromatic N) is 1. The summed E-state index contributed by atoms with van der Waals surface area (Å²) in [5.74, 6) is 0. The first-order valence-electron chi connectivity index (χ1n) is 8.14. The number of sulfone groups is 1. The van der Waals surface area contributed by atoms with Crippen LogP contribution < -0.4 is 5.32 Å². The van der Waals surface area contributed by atoms with Crippen LogP contribution in [0.3, 0.4) is 0 Å². The fourth-order valence-electron chi connectivity index (χ4n) is 3.00. The van der Waals surface area contributed by atoms with Crippen molar-refractivity contribution in [3.63, 3.8) is 0 Å². The Hall–Kier alpha value is -1.82. The van der Waals surface area contributed by atoms with Crippen molar-refractivity contribution in [2.45, 2.75) is 32.7 Å². The minimum absolute atomic E-state index is 0.0360. The van der Waals surface area contributed by atoms with Crippen LogP contribution in [0.1, 0.15) is 38.3 Å². The van der Waals surface area contributed by atoms with Crippen molar-refractivity contribution >= 4 is 15.9 Å². The van der Waals surface area contributed by atoms with E-state index in [9.17, 15) is 13.2 Å². The van der Waals surface area contributed by atoms with Gasteiger partial charge in [0.15, 0.2) is 9.84 Å². The first-order valence-corrected chi connectivity index (χ1v) is 10.1. The molecular weight excluding hydrogens is 324 g/mol. The van der Waals surface area contributed by atoms with Crippen molar-refractivity contribution in [3.8, 4) is 0 Å². The Balaban J connectivity index is 2.08. The Bertz CT molecular complexity index is 696. The molecule has 1 N–H and O–H groups in total. The normalized spacial score (nSPS) is 21.0. The van der Waals surface area contributed by atoms with Crippen LogP contribution in [0.5, 0.6) is 0 Å². The number of piperidine rings is 1. The van der Waals surface area contributed by atoms with Crippen LogP contribution in [0.4, 0.5) is 4.79 Å². The molecule has 6 heteroatoms. The number of carbonyl (C=O) groups is 1. The van der Waals surface area contributed by atoms with Gasteiger partial charge in [-0.05, 0) is 23.8 Å². The summed E-state index contributed by atoms with van der Waals surface area (Å²) in [6.07, 6.45) is 4.44. The van der Waals surface area contributed by atoms with Gasteiger partial charge in [-0.1, -0.05) is 50.3 Å². The molecule has 1 aliphatic rings. The predicted octanol–water partition coefficient (Wildman–Crippen LogP) is 3.12. The maximum absolute atomic E-state index is 12.5. The molecular formula is C18H26N2O3S. The second-order valence-electron chi connectivity index (χ2n) is 7.13. The van der Waals surface area contributed by atoms with Crippen molar-refractivity contribution in [1.82, 2.24) is 10.2 Å². The summed E-state index contributed by atoms with van der Waals surface area (Å²) in [7, 11) is -3.16. The zero-order chi connectivity index (χ0) is 17.8. The number of benzene rings is 1. The fourth-order valence-corrected chi connectivity index (χ4v) is 3.45. The SMILES string of the molecule is CC1(C)CCN(C(=O)NC/C=C/S(C)(=O)=O)[C@@H](c2ccccc2)C1. The van der Waals surface area contributed by atoms with Gasteiger partial charge in [0.05, 0.1) is 6.04 Å². The molecule has 0 aromatic heterocycles. The predicted molar refractivity (Wildman–Crippen MR) is 96.3 cm³/mol. The van der Waals surface area contributed by atoms with E-state index < -0.39 is 9.84 Å². The Labute approximate surface area is 144 Å². The maximum Gasteiger partial charge on any atom is 0.318 e. The van der Waals surface area contributed by atoms with E-state index in [-0.39, 0.29) is 24.0 Å². The molecule has 2 amide bonds. The van der Waals surface area contributed by atoms with Crippen LogP contribution in [0.15, 0.2) is 41.8 Å². The molecule has 5 nitrogen and oxygen atoms in total. The third kappa shape index (κ3) is 5.37. The molecule has 1 aliphatic heterocycles. The van der Waals surface area contributed by atoms with Gasteiger partial charge in [-0.2, -0.15) is 0 Å². The fraction of sp³-hybridized carbons (Fsp3) is 0.500. The number of carbonyl (C=O) groups excluding carboxylic acids is 1. The van der Waals surface area contributed by atoms with E-state index >= 15 is 0 Å². The summed E-state index contributed by atoms with van der Waals surface area (Å²) in [5, 5.41) is 3.90. The Morgan fingerprint density at radius 1 is 1.33 bits per heavy atom. The number of amides is 2. The number of likely N-dealkylation sites (tertiary alicyclic amines) is 1. The third-order valence-electron chi connectivity index (χ3n) is 4.31. The lowest BCUT2D eigenvalue weighted by Gasteiger charge is -2.43. The largest absolute Gasteiger partial charge is 0.334 e. The summed E-state index contributed by atoms with van der Waals surface area (Å²) >= 11 is 0. The molecule has 1 atom stereocenters. The lowest BCUT2D eigenvalue weighted by Crippen LogP contribution is -2.48. The molecule has 0 unspecified atom stereocenters. The molecule has 1 heterocycles.